The van der Waals surface area contributed by atoms with Gasteiger partial charge in [0.2, 0.25) is 0 Å². The van der Waals surface area contributed by atoms with Crippen LogP contribution in [-0.4, -0.2) is 5.97 Å². The van der Waals surface area contributed by atoms with Gasteiger partial charge in [-0.1, -0.05) is 102 Å². The highest BCUT2D eigenvalue weighted by atomic mass is 31.1. The standard InChI is InChI=1S/C31H45O4P/c1-14-25(32)33-36-34-26-21(15-19(28(2,3)4)17-23(26)30(8,9)10)22-16-20(29(5,6)7)18-24(27(22)35-36)31(11,12)13/h15-18H,14H2,1-13H3. The van der Waals surface area contributed by atoms with Crippen LogP contribution < -0.4 is 4.52 Å². The van der Waals surface area contributed by atoms with Crippen molar-refractivity contribution in [3.8, 4) is 0 Å². The van der Waals surface area contributed by atoms with E-state index in [4.69, 9.17) is 12.9 Å². The Morgan fingerprint density at radius 2 is 1.03 bits per heavy atom. The van der Waals surface area contributed by atoms with Crippen molar-refractivity contribution in [3.05, 3.63) is 46.5 Å². The molecule has 0 radical (unpaired) electrons. The smallest absolute Gasteiger partial charge is 0.390 e. The summed E-state index contributed by atoms with van der Waals surface area (Å²) in [5.41, 5.74) is 5.62. The van der Waals surface area contributed by atoms with Crippen molar-refractivity contribution in [1.82, 2.24) is 0 Å². The van der Waals surface area contributed by atoms with Crippen molar-refractivity contribution in [1.29, 1.82) is 0 Å². The molecule has 0 bridgehead atoms. The minimum absolute atomic E-state index is 0.0593. The first-order valence-electron chi connectivity index (χ1n) is 13.0. The Bertz CT molecular complexity index is 1240. The van der Waals surface area contributed by atoms with E-state index in [0.29, 0.717) is 0 Å². The van der Waals surface area contributed by atoms with E-state index >= 15 is 0 Å². The predicted molar refractivity (Wildman–Crippen MR) is 153 cm³/mol. The fourth-order valence-electron chi connectivity index (χ4n) is 4.19. The van der Waals surface area contributed by atoms with Gasteiger partial charge >= 0.3 is 14.2 Å². The Hall–Kier alpha value is -2.19. The lowest BCUT2D eigenvalue weighted by Gasteiger charge is -2.27. The van der Waals surface area contributed by atoms with E-state index in [9.17, 15) is 4.79 Å². The first-order valence-corrected chi connectivity index (χ1v) is 14.1. The molecule has 0 saturated carbocycles. The molecule has 1 aromatic heterocycles. The van der Waals surface area contributed by atoms with Gasteiger partial charge in [-0.2, -0.15) is 0 Å². The molecule has 0 N–H and O–H groups in total. The van der Waals surface area contributed by atoms with Gasteiger partial charge in [0, 0.05) is 28.3 Å². The largest absolute Gasteiger partial charge is 0.455 e. The van der Waals surface area contributed by atoms with Crippen LogP contribution in [0.3, 0.4) is 0 Å². The second kappa shape index (κ2) is 9.28. The predicted octanol–water partition coefficient (Wildman–Crippen LogP) is 9.85. The van der Waals surface area contributed by atoms with Gasteiger partial charge in [0.25, 0.3) is 0 Å². The summed E-state index contributed by atoms with van der Waals surface area (Å²) >= 11 is 0. The van der Waals surface area contributed by atoms with Crippen molar-refractivity contribution >= 4 is 36.1 Å². The van der Waals surface area contributed by atoms with Crippen LogP contribution >= 0.6 is 8.24 Å². The van der Waals surface area contributed by atoms with Crippen LogP contribution in [0.1, 0.15) is 119 Å². The molecular weight excluding hydrogens is 467 g/mol. The van der Waals surface area contributed by atoms with Crippen LogP contribution in [0.2, 0.25) is 0 Å². The van der Waals surface area contributed by atoms with Gasteiger partial charge in [0.05, 0.1) is 0 Å². The van der Waals surface area contributed by atoms with Gasteiger partial charge in [-0.05, 0) is 44.9 Å². The molecule has 36 heavy (non-hydrogen) atoms. The molecule has 5 heteroatoms. The van der Waals surface area contributed by atoms with Gasteiger partial charge in [-0.3, -0.25) is 4.79 Å². The molecule has 0 fully saturated rings. The number of hydrogen-bond donors (Lipinski definition) is 0. The Morgan fingerprint density at radius 3 is 1.31 bits per heavy atom. The normalized spacial score (nSPS) is 13.4. The summed E-state index contributed by atoms with van der Waals surface area (Å²) in [6, 6.07) is 8.98. The molecule has 3 aromatic rings. The highest BCUT2D eigenvalue weighted by molar-refractivity contribution is 7.32. The fraction of sp³-hybridized carbons (Fsp3) is 0.581. The molecule has 0 amide bonds. The summed E-state index contributed by atoms with van der Waals surface area (Å²) in [6.45, 7) is 28.3. The SMILES string of the molecule is CCC(=O)Op1oc2c(C(C)(C)C)cc(C(C)(C)C)cc2c2cc(C(C)(C)C)cc(C(C)(C)C)c2o1. The Morgan fingerprint density at radius 1 is 0.667 bits per heavy atom. The van der Waals surface area contributed by atoms with Crippen LogP contribution in [0.4, 0.5) is 0 Å². The molecule has 0 aliphatic carbocycles. The van der Waals surface area contributed by atoms with Crippen LogP contribution in [0.5, 0.6) is 0 Å². The lowest BCUT2D eigenvalue weighted by molar-refractivity contribution is -0.131. The van der Waals surface area contributed by atoms with E-state index in [1.165, 1.54) is 11.1 Å². The van der Waals surface area contributed by atoms with Gasteiger partial charge in [-0.25, -0.2) is 0 Å². The fourth-order valence-corrected chi connectivity index (χ4v) is 5.29. The number of rotatable bonds is 2. The van der Waals surface area contributed by atoms with E-state index in [2.05, 4.69) is 107 Å². The molecule has 0 saturated heterocycles. The molecule has 4 nitrogen and oxygen atoms in total. The third-order valence-electron chi connectivity index (χ3n) is 6.61. The monoisotopic (exact) mass is 512 g/mol. The van der Waals surface area contributed by atoms with Gasteiger partial charge < -0.3 is 12.9 Å². The molecule has 0 aliphatic rings. The Kier molecular flexibility index (Phi) is 7.32. The molecule has 0 spiro atoms. The van der Waals surface area contributed by atoms with Crippen molar-refractivity contribution in [2.45, 2.75) is 118 Å². The molecule has 3 rings (SSSR count). The van der Waals surface area contributed by atoms with E-state index in [1.54, 1.807) is 6.92 Å². The second-order valence-electron chi connectivity index (χ2n) is 14.0. The van der Waals surface area contributed by atoms with Gasteiger partial charge in [0.1, 0.15) is 11.2 Å². The molecule has 0 atom stereocenters. The summed E-state index contributed by atoms with van der Waals surface area (Å²) < 4.78 is 18.8. The first kappa shape index (κ1) is 28.4. The number of hydrogen-bond acceptors (Lipinski definition) is 4. The Labute approximate surface area is 218 Å². The first-order chi connectivity index (χ1) is 16.2. The Balaban J connectivity index is 2.75. The molecular formula is C31H45O4P. The van der Waals surface area contributed by atoms with Crippen LogP contribution in [0.25, 0.3) is 21.9 Å². The van der Waals surface area contributed by atoms with Crippen LogP contribution in [0.15, 0.2) is 32.7 Å². The molecule has 0 unspecified atom stereocenters. The lowest BCUT2D eigenvalue weighted by Crippen LogP contribution is -2.17. The van der Waals surface area contributed by atoms with Crippen molar-refractivity contribution < 1.29 is 17.7 Å². The van der Waals surface area contributed by atoms with E-state index in [1.807, 2.05) is 0 Å². The third kappa shape index (κ3) is 5.86. The number of benzene rings is 2. The zero-order valence-electron chi connectivity index (χ0n) is 24.6. The van der Waals surface area contributed by atoms with Crippen LogP contribution in [0, 0.1) is 0 Å². The number of carbonyl (C=O) groups is 1. The van der Waals surface area contributed by atoms with Crippen molar-refractivity contribution in [2.24, 2.45) is 0 Å². The van der Waals surface area contributed by atoms with E-state index in [-0.39, 0.29) is 34.1 Å². The number of fused-ring (bicyclic) bond motifs is 3. The highest BCUT2D eigenvalue weighted by Crippen LogP contribution is 2.45. The van der Waals surface area contributed by atoms with Crippen molar-refractivity contribution in [2.75, 3.05) is 0 Å². The number of carbonyl (C=O) groups excluding carboxylic acids is 1. The molecule has 198 valence electrons. The zero-order valence-corrected chi connectivity index (χ0v) is 25.5. The maximum atomic E-state index is 12.4. The van der Waals surface area contributed by atoms with Crippen LogP contribution in [-0.2, 0) is 26.5 Å². The van der Waals surface area contributed by atoms with Gasteiger partial charge in [-0.15, -0.1) is 0 Å². The molecule has 1 heterocycles. The second-order valence-corrected chi connectivity index (χ2v) is 15.0. The quantitative estimate of drug-likeness (QED) is 0.343. The highest BCUT2D eigenvalue weighted by Gasteiger charge is 2.29. The molecule has 0 aliphatic heterocycles. The average molecular weight is 513 g/mol. The summed E-state index contributed by atoms with van der Waals surface area (Å²) in [4.78, 5) is 12.4. The third-order valence-corrected chi connectivity index (χ3v) is 7.63. The zero-order chi connectivity index (χ0) is 27.4. The molecule has 2 aromatic carbocycles. The minimum Gasteiger partial charge on any atom is -0.390 e. The van der Waals surface area contributed by atoms with E-state index in [0.717, 1.165) is 33.1 Å². The van der Waals surface area contributed by atoms with E-state index < -0.39 is 8.24 Å². The maximum Gasteiger partial charge on any atom is 0.455 e. The summed E-state index contributed by atoms with van der Waals surface area (Å²) in [5.74, 6) is -0.335. The van der Waals surface area contributed by atoms with Crippen molar-refractivity contribution in [3.63, 3.8) is 0 Å². The maximum absolute atomic E-state index is 12.4. The summed E-state index contributed by atoms with van der Waals surface area (Å²) in [5, 5.41) is 1.99. The average Bonchev–Trinajstić information content (AvgIpc) is 2.85. The topological polar surface area (TPSA) is 52.6 Å². The summed E-state index contributed by atoms with van der Waals surface area (Å²) in [6.07, 6.45) is 0.259. The summed E-state index contributed by atoms with van der Waals surface area (Å²) in [7, 11) is -1.97. The minimum atomic E-state index is -1.97. The van der Waals surface area contributed by atoms with Gasteiger partial charge in [0.15, 0.2) is 0 Å². The lowest BCUT2D eigenvalue weighted by atomic mass is 9.77.